The number of benzene rings is 3. The highest BCUT2D eigenvalue weighted by Gasteiger charge is 2.32. The maximum Gasteiger partial charge on any atom is 0.254 e. The first-order valence-corrected chi connectivity index (χ1v) is 13.8. The number of rotatable bonds is 5. The van der Waals surface area contributed by atoms with Crippen molar-refractivity contribution in [3.8, 4) is 5.75 Å². The fourth-order valence-electron chi connectivity index (χ4n) is 6.62. The Bertz CT molecular complexity index is 1470. The van der Waals surface area contributed by atoms with E-state index in [1.165, 1.54) is 22.3 Å². The summed E-state index contributed by atoms with van der Waals surface area (Å²) < 4.78 is 10.8. The van der Waals surface area contributed by atoms with Crippen LogP contribution in [-0.2, 0) is 12.8 Å². The maximum atomic E-state index is 13.8. The topological polar surface area (TPSA) is 71.7 Å². The predicted molar refractivity (Wildman–Crippen MR) is 144 cm³/mol. The number of nitrogens with zero attached hydrogens (tertiary/aromatic N) is 4. The zero-order valence-corrected chi connectivity index (χ0v) is 21.5. The van der Waals surface area contributed by atoms with Crippen LogP contribution in [0.15, 0.2) is 65.3 Å². The maximum absolute atomic E-state index is 13.8. The van der Waals surface area contributed by atoms with E-state index in [-0.39, 0.29) is 11.9 Å². The van der Waals surface area contributed by atoms with Crippen molar-refractivity contribution in [1.82, 2.24) is 20.1 Å². The van der Waals surface area contributed by atoms with Crippen molar-refractivity contribution in [3.63, 3.8) is 0 Å². The molecule has 1 atom stereocenters. The summed E-state index contributed by atoms with van der Waals surface area (Å²) in [6, 6.07) is 20.8. The lowest BCUT2D eigenvalue weighted by atomic mass is 9.87. The van der Waals surface area contributed by atoms with Gasteiger partial charge in [-0.25, -0.2) is 4.63 Å². The first-order chi connectivity index (χ1) is 18.7. The summed E-state index contributed by atoms with van der Waals surface area (Å²) >= 11 is 0. The number of aromatic nitrogens is 2. The first-order valence-electron chi connectivity index (χ1n) is 13.8. The second-order valence-corrected chi connectivity index (χ2v) is 10.8. The first kappa shape index (κ1) is 23.4. The van der Waals surface area contributed by atoms with E-state index in [1.54, 1.807) is 6.07 Å². The van der Waals surface area contributed by atoms with E-state index >= 15 is 0 Å². The molecule has 194 valence electrons. The van der Waals surface area contributed by atoms with Crippen LogP contribution in [0, 0.1) is 0 Å². The molecule has 0 N–H and O–H groups in total. The Kier molecular flexibility index (Phi) is 6.08. The molecule has 4 heterocycles. The largest absolute Gasteiger partial charge is 0.493 e. The van der Waals surface area contributed by atoms with E-state index < -0.39 is 0 Å². The number of likely N-dealkylation sites (tertiary alicyclic amines) is 1. The van der Waals surface area contributed by atoms with Gasteiger partial charge >= 0.3 is 0 Å². The molecule has 4 aromatic rings. The molecule has 1 fully saturated rings. The summed E-state index contributed by atoms with van der Waals surface area (Å²) in [4.78, 5) is 18.4. The molecule has 3 aromatic carbocycles. The van der Waals surface area contributed by atoms with Gasteiger partial charge in [-0.2, -0.15) is 0 Å². The van der Waals surface area contributed by atoms with Gasteiger partial charge in [0.25, 0.3) is 5.91 Å². The molecule has 1 aromatic heterocycles. The lowest BCUT2D eigenvalue weighted by Crippen LogP contribution is -2.42. The quantitative estimate of drug-likeness (QED) is 0.371. The van der Waals surface area contributed by atoms with Gasteiger partial charge in [0.2, 0.25) is 0 Å². The Morgan fingerprint density at radius 2 is 1.68 bits per heavy atom. The van der Waals surface area contributed by atoms with Crippen LogP contribution in [0.2, 0.25) is 0 Å². The van der Waals surface area contributed by atoms with Crippen LogP contribution in [-0.4, -0.2) is 58.8 Å². The number of hydrogen-bond acceptors (Lipinski definition) is 6. The minimum Gasteiger partial charge on any atom is -0.493 e. The molecule has 0 spiro atoms. The fraction of sp³-hybridized carbons (Fsp3) is 0.387. The molecule has 1 saturated heterocycles. The second kappa shape index (κ2) is 9.87. The van der Waals surface area contributed by atoms with E-state index in [1.807, 2.05) is 12.1 Å². The zero-order valence-electron chi connectivity index (χ0n) is 21.5. The van der Waals surface area contributed by atoms with Crippen molar-refractivity contribution >= 4 is 16.9 Å². The van der Waals surface area contributed by atoms with E-state index in [9.17, 15) is 4.79 Å². The molecule has 3 aliphatic rings. The SMILES string of the molecule is O=C(c1ccc2nonc2c1)N1CCc2ccccc2C1CCN1CCC(c2cccc3c2OCC3)CC1. The molecule has 0 saturated carbocycles. The molecule has 1 unspecified atom stereocenters. The van der Waals surface area contributed by atoms with Crippen LogP contribution in [0.4, 0.5) is 0 Å². The highest BCUT2D eigenvalue weighted by molar-refractivity contribution is 5.97. The van der Waals surface area contributed by atoms with Crippen LogP contribution in [0.5, 0.6) is 5.75 Å². The summed E-state index contributed by atoms with van der Waals surface area (Å²) in [5.41, 5.74) is 7.31. The Labute approximate surface area is 222 Å². The lowest BCUT2D eigenvalue weighted by molar-refractivity contribution is 0.0630. The van der Waals surface area contributed by atoms with Gasteiger partial charge in [0.05, 0.1) is 12.6 Å². The molecule has 7 heteroatoms. The van der Waals surface area contributed by atoms with Crippen molar-refractivity contribution in [2.75, 3.05) is 32.8 Å². The van der Waals surface area contributed by atoms with Crippen molar-refractivity contribution in [2.45, 2.75) is 44.1 Å². The lowest BCUT2D eigenvalue weighted by Gasteiger charge is -2.39. The monoisotopic (exact) mass is 508 g/mol. The van der Waals surface area contributed by atoms with Crippen LogP contribution in [0.25, 0.3) is 11.0 Å². The van der Waals surface area contributed by atoms with Gasteiger partial charge in [-0.15, -0.1) is 0 Å². The highest BCUT2D eigenvalue weighted by atomic mass is 16.6. The molecule has 3 aliphatic heterocycles. The molecule has 7 rings (SSSR count). The van der Waals surface area contributed by atoms with Gasteiger partial charge < -0.3 is 14.5 Å². The van der Waals surface area contributed by atoms with Crippen molar-refractivity contribution in [2.24, 2.45) is 0 Å². The third-order valence-corrected chi connectivity index (χ3v) is 8.66. The van der Waals surface area contributed by atoms with E-state index in [4.69, 9.17) is 9.37 Å². The normalized spacial score (nSPS) is 19.8. The molecule has 0 radical (unpaired) electrons. The smallest absolute Gasteiger partial charge is 0.254 e. The summed E-state index contributed by atoms with van der Waals surface area (Å²) in [6.45, 7) is 4.66. The number of carbonyl (C=O) groups is 1. The Morgan fingerprint density at radius 1 is 0.868 bits per heavy atom. The molecule has 1 amide bonds. The van der Waals surface area contributed by atoms with Crippen LogP contribution < -0.4 is 4.74 Å². The molecular formula is C31H32N4O3. The molecule has 0 bridgehead atoms. The fourth-order valence-corrected chi connectivity index (χ4v) is 6.62. The highest BCUT2D eigenvalue weighted by Crippen LogP contribution is 2.39. The van der Waals surface area contributed by atoms with E-state index in [2.05, 4.69) is 62.6 Å². The van der Waals surface area contributed by atoms with Gasteiger partial charge in [-0.3, -0.25) is 4.79 Å². The standard InChI is InChI=1S/C31H32N4O3/c36-31(24-8-9-27-28(20-24)33-38-32-27)35-18-12-21-4-1-2-6-25(21)29(35)13-17-34-15-10-22(11-16-34)26-7-3-5-23-14-19-37-30(23)26/h1-9,20,22,29H,10-19H2. The Balaban J connectivity index is 1.06. The second-order valence-electron chi connectivity index (χ2n) is 10.8. The molecule has 38 heavy (non-hydrogen) atoms. The minimum atomic E-state index is 0.0473. The molecular weight excluding hydrogens is 476 g/mol. The van der Waals surface area contributed by atoms with Gasteiger partial charge in [-0.05, 0) is 95.5 Å². The number of ether oxygens (including phenoxy) is 1. The Morgan fingerprint density at radius 3 is 2.61 bits per heavy atom. The zero-order chi connectivity index (χ0) is 25.5. The van der Waals surface area contributed by atoms with Gasteiger partial charge in [0.1, 0.15) is 16.8 Å². The third kappa shape index (κ3) is 4.25. The molecule has 0 aliphatic carbocycles. The average Bonchev–Trinajstić information content (AvgIpc) is 3.65. The Hall–Kier alpha value is -3.71. The molecule has 7 nitrogen and oxygen atoms in total. The third-order valence-electron chi connectivity index (χ3n) is 8.66. The number of fused-ring (bicyclic) bond motifs is 3. The predicted octanol–water partition coefficient (Wildman–Crippen LogP) is 5.17. The van der Waals surface area contributed by atoms with Gasteiger partial charge in [-0.1, -0.05) is 42.5 Å². The number of hydrogen-bond donors (Lipinski definition) is 0. The van der Waals surface area contributed by atoms with Crippen molar-refractivity contribution < 1.29 is 14.2 Å². The van der Waals surface area contributed by atoms with Crippen LogP contribution in [0.1, 0.15) is 63.8 Å². The van der Waals surface area contributed by atoms with Crippen molar-refractivity contribution in [3.05, 3.63) is 88.5 Å². The van der Waals surface area contributed by atoms with E-state index in [0.717, 1.165) is 70.6 Å². The number of piperidine rings is 1. The van der Waals surface area contributed by atoms with Crippen LogP contribution >= 0.6 is 0 Å². The summed E-state index contributed by atoms with van der Waals surface area (Å²) in [5.74, 6) is 1.76. The summed E-state index contributed by atoms with van der Waals surface area (Å²) in [6.07, 6.45) is 5.13. The van der Waals surface area contributed by atoms with Crippen LogP contribution in [0.3, 0.4) is 0 Å². The number of carbonyl (C=O) groups excluding carboxylic acids is 1. The van der Waals surface area contributed by atoms with Gasteiger partial charge in [0, 0.05) is 25.1 Å². The van der Waals surface area contributed by atoms with Gasteiger partial charge in [0.15, 0.2) is 0 Å². The summed E-state index contributed by atoms with van der Waals surface area (Å²) in [7, 11) is 0. The summed E-state index contributed by atoms with van der Waals surface area (Å²) in [5, 5.41) is 7.81. The number of para-hydroxylation sites is 1. The number of amides is 1. The van der Waals surface area contributed by atoms with E-state index in [0.29, 0.717) is 22.5 Å². The van der Waals surface area contributed by atoms with Crippen molar-refractivity contribution in [1.29, 1.82) is 0 Å². The minimum absolute atomic E-state index is 0.0473. The average molecular weight is 509 g/mol.